The van der Waals surface area contributed by atoms with E-state index in [1.165, 1.54) is 6.08 Å². The maximum absolute atomic E-state index is 12.3. The van der Waals surface area contributed by atoms with Crippen molar-refractivity contribution >= 4 is 51.9 Å². The molecule has 0 aliphatic rings. The first-order valence-electron chi connectivity index (χ1n) is 8.92. The largest absolute Gasteiger partial charge is 0.461 e. The summed E-state index contributed by atoms with van der Waals surface area (Å²) in [7, 11) is 0. The summed E-state index contributed by atoms with van der Waals surface area (Å²) in [6.07, 6.45) is 4.10. The zero-order valence-electron chi connectivity index (χ0n) is 15.3. The molecule has 0 bridgehead atoms. The van der Waals surface area contributed by atoms with Gasteiger partial charge >= 0.3 is 5.97 Å². The van der Waals surface area contributed by atoms with E-state index in [0.717, 1.165) is 5.56 Å². The number of fused-ring (bicyclic) bond motifs is 1. The number of carbonyl (C=O) groups excluding carboxylic acids is 2. The molecule has 0 radical (unpaired) electrons. The van der Waals surface area contributed by atoms with Gasteiger partial charge in [0.1, 0.15) is 5.69 Å². The molecule has 0 amide bonds. The van der Waals surface area contributed by atoms with Crippen molar-refractivity contribution in [2.45, 2.75) is 19.8 Å². The number of aromatic nitrogens is 1. The number of hydrogen-bond acceptors (Lipinski definition) is 3. The Morgan fingerprint density at radius 1 is 1.14 bits per heavy atom. The number of ketones is 1. The number of aryl methyl sites for hydroxylation is 1. The second-order valence-electron chi connectivity index (χ2n) is 6.23. The number of nitrogens with one attached hydrogen (secondary N) is 1. The van der Waals surface area contributed by atoms with Crippen LogP contribution in [0.25, 0.3) is 17.0 Å². The molecule has 0 spiro atoms. The number of carbonyl (C=O) groups is 2. The van der Waals surface area contributed by atoms with Crippen LogP contribution in [0.5, 0.6) is 0 Å². The Hall–Kier alpha value is -2.56. The van der Waals surface area contributed by atoms with Crippen LogP contribution < -0.4 is 0 Å². The second-order valence-corrected chi connectivity index (χ2v) is 7.07. The lowest BCUT2D eigenvalue weighted by atomic mass is 10.1. The van der Waals surface area contributed by atoms with Crippen molar-refractivity contribution in [3.05, 3.63) is 75.4 Å². The van der Waals surface area contributed by atoms with Crippen LogP contribution in [0.15, 0.2) is 48.5 Å². The Labute approximate surface area is 173 Å². The third-order valence-electron chi connectivity index (χ3n) is 4.27. The molecule has 1 N–H and O–H groups in total. The van der Waals surface area contributed by atoms with E-state index in [9.17, 15) is 9.59 Å². The summed E-state index contributed by atoms with van der Waals surface area (Å²) in [6.45, 7) is 1.97. The van der Waals surface area contributed by atoms with Crippen molar-refractivity contribution in [3.63, 3.8) is 0 Å². The summed E-state index contributed by atoms with van der Waals surface area (Å²) in [4.78, 5) is 27.7. The average molecular weight is 416 g/mol. The summed E-state index contributed by atoms with van der Waals surface area (Å²) < 4.78 is 5.12. The molecule has 0 atom stereocenters. The fourth-order valence-electron chi connectivity index (χ4n) is 2.98. The summed E-state index contributed by atoms with van der Waals surface area (Å²) in [5, 5.41) is 1.47. The van der Waals surface area contributed by atoms with Crippen LogP contribution >= 0.6 is 23.2 Å². The lowest BCUT2D eigenvalue weighted by molar-refractivity contribution is -0.114. The van der Waals surface area contributed by atoms with E-state index >= 15 is 0 Å². The maximum Gasteiger partial charge on any atom is 0.355 e. The van der Waals surface area contributed by atoms with Gasteiger partial charge in [0.15, 0.2) is 5.78 Å². The molecule has 3 aromatic rings. The minimum atomic E-state index is -0.512. The number of hydrogen-bond donors (Lipinski definition) is 1. The van der Waals surface area contributed by atoms with Gasteiger partial charge in [-0.3, -0.25) is 4.79 Å². The molecular formula is C22H19Cl2NO3. The smallest absolute Gasteiger partial charge is 0.355 e. The van der Waals surface area contributed by atoms with Gasteiger partial charge in [0.2, 0.25) is 0 Å². The van der Waals surface area contributed by atoms with E-state index in [0.29, 0.717) is 39.4 Å². The molecule has 0 saturated carbocycles. The molecule has 0 fully saturated rings. The third kappa shape index (κ3) is 4.64. The summed E-state index contributed by atoms with van der Waals surface area (Å²) in [5.74, 6) is -0.555. The third-order valence-corrected chi connectivity index (χ3v) is 4.79. The topological polar surface area (TPSA) is 59.2 Å². The monoisotopic (exact) mass is 415 g/mol. The number of aromatic amines is 1. The summed E-state index contributed by atoms with van der Waals surface area (Å²) in [6, 6.07) is 13.1. The predicted molar refractivity (Wildman–Crippen MR) is 113 cm³/mol. The van der Waals surface area contributed by atoms with Gasteiger partial charge in [0.25, 0.3) is 0 Å². The van der Waals surface area contributed by atoms with E-state index in [4.69, 9.17) is 27.9 Å². The molecule has 1 aromatic heterocycles. The molecule has 4 nitrogen and oxygen atoms in total. The van der Waals surface area contributed by atoms with Crippen LogP contribution in [0.1, 0.15) is 35.0 Å². The first kappa shape index (κ1) is 20.2. The van der Waals surface area contributed by atoms with Gasteiger partial charge in [-0.2, -0.15) is 0 Å². The van der Waals surface area contributed by atoms with E-state index in [2.05, 4.69) is 4.98 Å². The van der Waals surface area contributed by atoms with Crippen molar-refractivity contribution in [1.29, 1.82) is 0 Å². The Bertz CT molecular complexity index is 1040. The van der Waals surface area contributed by atoms with Crippen LogP contribution in [0.3, 0.4) is 0 Å². The highest BCUT2D eigenvalue weighted by Gasteiger charge is 2.19. The molecular weight excluding hydrogens is 397 g/mol. The van der Waals surface area contributed by atoms with Crippen molar-refractivity contribution in [1.82, 2.24) is 4.98 Å². The van der Waals surface area contributed by atoms with Gasteiger partial charge in [-0.05, 0) is 43.2 Å². The van der Waals surface area contributed by atoms with Gasteiger partial charge in [0, 0.05) is 27.9 Å². The number of allylic oxidation sites excluding steroid dienone is 1. The Morgan fingerprint density at radius 3 is 2.61 bits per heavy atom. The lowest BCUT2D eigenvalue weighted by Gasteiger charge is -2.02. The van der Waals surface area contributed by atoms with Crippen molar-refractivity contribution in [2.75, 3.05) is 6.61 Å². The van der Waals surface area contributed by atoms with Gasteiger partial charge in [-0.15, -0.1) is 0 Å². The Morgan fingerprint density at radius 2 is 1.89 bits per heavy atom. The molecule has 2 aromatic carbocycles. The van der Waals surface area contributed by atoms with Crippen LogP contribution in [0.2, 0.25) is 10.0 Å². The molecule has 6 heteroatoms. The van der Waals surface area contributed by atoms with Gasteiger partial charge in [-0.25, -0.2) is 4.79 Å². The fraction of sp³-hybridized carbons (Fsp3) is 0.182. The highest BCUT2D eigenvalue weighted by molar-refractivity contribution is 6.39. The van der Waals surface area contributed by atoms with E-state index < -0.39 is 5.97 Å². The van der Waals surface area contributed by atoms with Crippen LogP contribution in [-0.2, 0) is 16.0 Å². The number of rotatable bonds is 7. The van der Waals surface area contributed by atoms with E-state index in [1.54, 1.807) is 25.1 Å². The highest BCUT2D eigenvalue weighted by Crippen LogP contribution is 2.33. The normalized spacial score (nSPS) is 11.2. The average Bonchev–Trinajstić information content (AvgIpc) is 3.04. The minimum absolute atomic E-state index is 0.0434. The second kappa shape index (κ2) is 9.09. The Balaban J connectivity index is 1.89. The van der Waals surface area contributed by atoms with E-state index in [1.807, 2.05) is 30.3 Å². The molecule has 1 heterocycles. The SMILES string of the molecule is CCOC(=O)c1[nH]c2cc(Cl)cc(Cl)c2c1/C=C/C(=O)CCc1ccccc1. The van der Waals surface area contributed by atoms with Crippen LogP contribution in [0.4, 0.5) is 0 Å². The van der Waals surface area contributed by atoms with E-state index in [-0.39, 0.29) is 18.1 Å². The molecule has 0 unspecified atom stereocenters. The molecule has 0 saturated heterocycles. The Kier molecular flexibility index (Phi) is 6.55. The number of H-pyrrole nitrogens is 1. The van der Waals surface area contributed by atoms with Crippen molar-refractivity contribution < 1.29 is 14.3 Å². The fourth-order valence-corrected chi connectivity index (χ4v) is 3.57. The first-order chi connectivity index (χ1) is 13.5. The number of halogens is 2. The maximum atomic E-state index is 12.3. The zero-order valence-corrected chi connectivity index (χ0v) is 16.8. The van der Waals surface area contributed by atoms with Crippen LogP contribution in [0, 0.1) is 0 Å². The standard InChI is InChI=1S/C22H19Cl2NO3/c1-2-28-22(27)21-17(20-18(24)12-15(23)13-19(20)25-21)11-10-16(26)9-8-14-6-4-3-5-7-14/h3-7,10-13,25H,2,8-9H2,1H3/b11-10+. The zero-order chi connectivity index (χ0) is 20.1. The van der Waals surface area contributed by atoms with Gasteiger partial charge in [-0.1, -0.05) is 53.5 Å². The van der Waals surface area contributed by atoms with Crippen LogP contribution in [-0.4, -0.2) is 23.3 Å². The number of ether oxygens (including phenoxy) is 1. The highest BCUT2D eigenvalue weighted by atomic mass is 35.5. The molecule has 144 valence electrons. The van der Waals surface area contributed by atoms with Crippen molar-refractivity contribution in [2.24, 2.45) is 0 Å². The van der Waals surface area contributed by atoms with Gasteiger partial charge < -0.3 is 9.72 Å². The number of esters is 1. The number of benzene rings is 2. The molecule has 0 aliphatic carbocycles. The quantitative estimate of drug-likeness (QED) is 0.387. The lowest BCUT2D eigenvalue weighted by Crippen LogP contribution is -2.06. The summed E-state index contributed by atoms with van der Waals surface area (Å²) in [5.41, 5.74) is 2.47. The first-order valence-corrected chi connectivity index (χ1v) is 9.68. The minimum Gasteiger partial charge on any atom is -0.461 e. The molecule has 3 rings (SSSR count). The molecule has 0 aliphatic heterocycles. The van der Waals surface area contributed by atoms with Crippen molar-refractivity contribution in [3.8, 4) is 0 Å². The van der Waals surface area contributed by atoms with Gasteiger partial charge in [0.05, 0.1) is 11.6 Å². The molecule has 28 heavy (non-hydrogen) atoms. The predicted octanol–water partition coefficient (Wildman–Crippen LogP) is 5.87. The summed E-state index contributed by atoms with van der Waals surface area (Å²) >= 11 is 12.4.